The average Bonchev–Trinajstić information content (AvgIpc) is 3.13. The lowest BCUT2D eigenvalue weighted by Crippen LogP contribution is -2.43. The Morgan fingerprint density at radius 1 is 1.03 bits per heavy atom. The van der Waals surface area contributed by atoms with Crippen molar-refractivity contribution in [3.05, 3.63) is 81.7 Å². The van der Waals surface area contributed by atoms with Gasteiger partial charge in [-0.1, -0.05) is 6.07 Å². The number of nitrogens with zero attached hydrogens (tertiary/aromatic N) is 4. The predicted molar refractivity (Wildman–Crippen MR) is 126 cm³/mol. The summed E-state index contributed by atoms with van der Waals surface area (Å²) in [5, 5.41) is 20.7. The molecule has 1 aliphatic heterocycles. The van der Waals surface area contributed by atoms with E-state index in [4.69, 9.17) is 14.5 Å². The molecule has 0 radical (unpaired) electrons. The molecule has 0 saturated carbocycles. The first-order valence-electron chi connectivity index (χ1n) is 10.8. The summed E-state index contributed by atoms with van der Waals surface area (Å²) in [5.74, 6) is 0. The average molecular weight is 572 g/mol. The SMILES string of the molecule is O=c1ccn([C@@H]2O[C@H](COP(=O)(O)OP(=O)(O)O)C(O)C2O)c(=O)n1Cc1cc(-c2cccnc2)ccn1. The van der Waals surface area contributed by atoms with Crippen LogP contribution in [0.5, 0.6) is 0 Å². The number of hydrogen-bond donors (Lipinski definition) is 5. The molecular weight excluding hydrogens is 550 g/mol. The lowest BCUT2D eigenvalue weighted by molar-refractivity contribution is -0.0547. The van der Waals surface area contributed by atoms with E-state index in [1.807, 2.05) is 6.07 Å². The molecule has 1 fully saturated rings. The minimum absolute atomic E-state index is 0.238. The maximum absolute atomic E-state index is 13.2. The van der Waals surface area contributed by atoms with Gasteiger partial charge in [0.25, 0.3) is 5.56 Å². The molecule has 0 aliphatic carbocycles. The molecule has 5 N–H and O–H groups in total. The Morgan fingerprint density at radius 2 is 1.79 bits per heavy atom. The van der Waals surface area contributed by atoms with Gasteiger partial charge < -0.3 is 29.6 Å². The Kier molecular flexibility index (Phi) is 8.20. The third-order valence-corrected chi connectivity index (χ3v) is 7.60. The van der Waals surface area contributed by atoms with Gasteiger partial charge in [-0.05, 0) is 23.8 Å². The van der Waals surface area contributed by atoms with E-state index in [9.17, 15) is 33.8 Å². The normalized spacial score (nSPS) is 23.3. The van der Waals surface area contributed by atoms with Crippen molar-refractivity contribution in [2.75, 3.05) is 6.61 Å². The first-order valence-corrected chi connectivity index (χ1v) is 13.8. The van der Waals surface area contributed by atoms with E-state index in [0.717, 1.165) is 32.5 Å². The minimum atomic E-state index is -5.38. The highest BCUT2D eigenvalue weighted by Gasteiger charge is 2.46. The van der Waals surface area contributed by atoms with Crippen LogP contribution in [-0.4, -0.2) is 68.9 Å². The third-order valence-electron chi connectivity index (χ3n) is 5.45. The van der Waals surface area contributed by atoms with Gasteiger partial charge in [0, 0.05) is 36.4 Å². The molecule has 1 saturated heterocycles. The van der Waals surface area contributed by atoms with E-state index < -0.39 is 58.0 Å². The van der Waals surface area contributed by atoms with Crippen LogP contribution >= 0.6 is 15.6 Å². The van der Waals surface area contributed by atoms with Crippen molar-refractivity contribution in [2.24, 2.45) is 0 Å². The first-order chi connectivity index (χ1) is 17.8. The van der Waals surface area contributed by atoms with Crippen LogP contribution in [-0.2, 0) is 29.2 Å². The van der Waals surface area contributed by atoms with Crippen molar-refractivity contribution >= 4 is 15.6 Å². The second-order valence-electron chi connectivity index (χ2n) is 8.09. The Labute approximate surface area is 213 Å². The predicted octanol–water partition coefficient (Wildman–Crippen LogP) is -0.639. The smallest absolute Gasteiger partial charge is 0.387 e. The zero-order valence-electron chi connectivity index (χ0n) is 19.2. The molecule has 0 aromatic carbocycles. The number of aliphatic hydroxyl groups excluding tert-OH is 2. The number of rotatable bonds is 9. The van der Waals surface area contributed by atoms with Crippen LogP contribution in [0.3, 0.4) is 0 Å². The summed E-state index contributed by atoms with van der Waals surface area (Å²) in [6, 6.07) is 8.01. The molecule has 0 bridgehead atoms. The molecule has 3 aromatic heterocycles. The lowest BCUT2D eigenvalue weighted by Gasteiger charge is -2.19. The van der Waals surface area contributed by atoms with Crippen molar-refractivity contribution in [2.45, 2.75) is 31.1 Å². The van der Waals surface area contributed by atoms with Crippen LogP contribution in [0.25, 0.3) is 11.1 Å². The molecular formula is C20H22N4O12P2. The molecule has 5 atom stereocenters. The topological polar surface area (TPSA) is 233 Å². The van der Waals surface area contributed by atoms with Gasteiger partial charge in [0.2, 0.25) is 0 Å². The maximum Gasteiger partial charge on any atom is 0.481 e. The zero-order chi connectivity index (χ0) is 27.7. The summed E-state index contributed by atoms with van der Waals surface area (Å²) in [5.41, 5.74) is 0.311. The third kappa shape index (κ3) is 6.57. The van der Waals surface area contributed by atoms with Gasteiger partial charge >= 0.3 is 21.3 Å². The van der Waals surface area contributed by atoms with Crippen molar-refractivity contribution < 1.29 is 47.6 Å². The first kappa shape index (κ1) is 28.1. The Balaban J connectivity index is 1.55. The highest BCUT2D eigenvalue weighted by molar-refractivity contribution is 7.60. The molecule has 1 aliphatic rings. The van der Waals surface area contributed by atoms with Gasteiger partial charge in [-0.2, -0.15) is 4.31 Å². The van der Waals surface area contributed by atoms with Gasteiger partial charge in [0.1, 0.15) is 18.3 Å². The molecule has 3 unspecified atom stereocenters. The van der Waals surface area contributed by atoms with Gasteiger partial charge in [0.05, 0.1) is 18.8 Å². The number of ether oxygens (including phenoxy) is 1. The van der Waals surface area contributed by atoms with Gasteiger partial charge in [-0.3, -0.25) is 28.4 Å². The Hall–Kier alpha value is -2.88. The summed E-state index contributed by atoms with van der Waals surface area (Å²) in [7, 11) is -10.6. The maximum atomic E-state index is 13.2. The van der Waals surface area contributed by atoms with Gasteiger partial charge in [-0.25, -0.2) is 13.9 Å². The van der Waals surface area contributed by atoms with E-state index in [1.165, 1.54) is 6.20 Å². The number of phosphoric ester groups is 1. The van der Waals surface area contributed by atoms with Gasteiger partial charge in [0.15, 0.2) is 6.23 Å². The van der Waals surface area contributed by atoms with Crippen LogP contribution in [0, 0.1) is 0 Å². The van der Waals surface area contributed by atoms with Crippen LogP contribution < -0.4 is 11.2 Å². The van der Waals surface area contributed by atoms with E-state index in [2.05, 4.69) is 18.8 Å². The molecule has 38 heavy (non-hydrogen) atoms. The minimum Gasteiger partial charge on any atom is -0.387 e. The second kappa shape index (κ2) is 11.1. The molecule has 0 spiro atoms. The van der Waals surface area contributed by atoms with Crippen molar-refractivity contribution in [1.29, 1.82) is 0 Å². The fourth-order valence-corrected chi connectivity index (χ4v) is 5.33. The molecule has 16 nitrogen and oxygen atoms in total. The second-order valence-corrected chi connectivity index (χ2v) is 10.9. The monoisotopic (exact) mass is 572 g/mol. The van der Waals surface area contributed by atoms with E-state index >= 15 is 0 Å². The lowest BCUT2D eigenvalue weighted by atomic mass is 10.1. The van der Waals surface area contributed by atoms with Crippen molar-refractivity contribution in [1.82, 2.24) is 19.1 Å². The highest BCUT2D eigenvalue weighted by atomic mass is 31.3. The number of hydrogen-bond acceptors (Lipinski definition) is 11. The molecule has 204 valence electrons. The van der Waals surface area contributed by atoms with Gasteiger partial charge in [-0.15, -0.1) is 0 Å². The van der Waals surface area contributed by atoms with Crippen LogP contribution in [0.1, 0.15) is 11.9 Å². The van der Waals surface area contributed by atoms with Crippen LogP contribution in [0.2, 0.25) is 0 Å². The van der Waals surface area contributed by atoms with Crippen molar-refractivity contribution in [3.8, 4) is 11.1 Å². The van der Waals surface area contributed by atoms with E-state index in [-0.39, 0.29) is 6.54 Å². The van der Waals surface area contributed by atoms with E-state index in [0.29, 0.717) is 5.69 Å². The van der Waals surface area contributed by atoms with Crippen molar-refractivity contribution in [3.63, 3.8) is 0 Å². The summed E-state index contributed by atoms with van der Waals surface area (Å²) < 4.78 is 37.6. The number of pyridine rings is 2. The number of aromatic nitrogens is 4. The Morgan fingerprint density at radius 3 is 2.47 bits per heavy atom. The summed E-state index contributed by atoms with van der Waals surface area (Å²) >= 11 is 0. The molecule has 4 rings (SSSR count). The standard InChI is InChI=1S/C20H22N4O12P2/c25-16-4-7-23(19-18(27)17(26)15(35-19)11-34-38(32,33)36-37(29,30)31)20(28)24(16)10-14-8-12(3-6-22-14)13-2-1-5-21-9-13/h1-9,15,17-19,26-27H,10-11H2,(H,32,33)(H2,29,30,31)/t15-,17?,18?,19-/m1/s1. The largest absolute Gasteiger partial charge is 0.481 e. The van der Waals surface area contributed by atoms with Crippen LogP contribution in [0.4, 0.5) is 0 Å². The fraction of sp³-hybridized carbons (Fsp3) is 0.300. The molecule has 3 aromatic rings. The van der Waals surface area contributed by atoms with Crippen LogP contribution in [0.15, 0.2) is 64.7 Å². The highest BCUT2D eigenvalue weighted by Crippen LogP contribution is 2.57. The molecule has 18 heteroatoms. The van der Waals surface area contributed by atoms with E-state index in [1.54, 1.807) is 30.6 Å². The summed E-state index contributed by atoms with van der Waals surface area (Å²) in [6.07, 6.45) is -0.763. The number of phosphoric acid groups is 2. The fourth-order valence-electron chi connectivity index (χ4n) is 3.73. The zero-order valence-corrected chi connectivity index (χ0v) is 21.0. The Bertz CT molecular complexity index is 1510. The molecule has 4 heterocycles. The summed E-state index contributed by atoms with van der Waals surface area (Å²) in [6.45, 7) is -1.18. The summed E-state index contributed by atoms with van der Waals surface area (Å²) in [4.78, 5) is 60.7. The quantitative estimate of drug-likeness (QED) is 0.201. The molecule has 0 amide bonds. The number of aliphatic hydroxyl groups is 2.